The third-order valence-electron chi connectivity index (χ3n) is 3.91. The van der Waals surface area contributed by atoms with E-state index in [1.54, 1.807) is 54.6 Å². The van der Waals surface area contributed by atoms with Crippen LogP contribution in [-0.4, -0.2) is 21.9 Å². The molecule has 0 saturated heterocycles. The van der Waals surface area contributed by atoms with Gasteiger partial charge in [-0.05, 0) is 36.8 Å². The van der Waals surface area contributed by atoms with Crippen LogP contribution in [0.5, 0.6) is 0 Å². The normalized spacial score (nSPS) is 10.6. The summed E-state index contributed by atoms with van der Waals surface area (Å²) in [6, 6.07) is 17.3. The van der Waals surface area contributed by atoms with Gasteiger partial charge in [0.15, 0.2) is 5.69 Å². The minimum absolute atomic E-state index is 0.0618. The van der Waals surface area contributed by atoms with Crippen LogP contribution < -0.4 is 11.0 Å². The van der Waals surface area contributed by atoms with Gasteiger partial charge < -0.3 is 0 Å². The van der Waals surface area contributed by atoms with Crippen molar-refractivity contribution in [1.29, 1.82) is 5.26 Å². The Kier molecular flexibility index (Phi) is 5.63. The summed E-state index contributed by atoms with van der Waals surface area (Å²) in [7, 11) is 0. The van der Waals surface area contributed by atoms with E-state index in [0.29, 0.717) is 10.7 Å². The number of hydrazone groups is 1. The van der Waals surface area contributed by atoms with Gasteiger partial charge in [0.1, 0.15) is 11.6 Å². The smallest absolute Gasteiger partial charge is 0.266 e. The van der Waals surface area contributed by atoms with E-state index < -0.39 is 11.5 Å². The highest BCUT2D eigenvalue weighted by molar-refractivity contribution is 6.30. The van der Waals surface area contributed by atoms with Crippen molar-refractivity contribution in [1.82, 2.24) is 15.2 Å². The topological polar surface area (TPSA) is 100 Å². The zero-order valence-corrected chi connectivity index (χ0v) is 15.5. The van der Waals surface area contributed by atoms with Gasteiger partial charge in [-0.3, -0.25) is 9.59 Å². The van der Waals surface area contributed by atoms with E-state index >= 15 is 0 Å². The van der Waals surface area contributed by atoms with Gasteiger partial charge in [0.2, 0.25) is 0 Å². The van der Waals surface area contributed by atoms with Gasteiger partial charge in [0.05, 0.1) is 11.9 Å². The molecule has 1 amide bonds. The zero-order valence-electron chi connectivity index (χ0n) is 14.8. The number of carbonyl (C=O) groups excluding carboxylic acids is 1. The van der Waals surface area contributed by atoms with Gasteiger partial charge in [-0.2, -0.15) is 20.1 Å². The number of nitrogens with zero attached hydrogens (tertiary/aromatic N) is 4. The molecule has 3 aromatic rings. The van der Waals surface area contributed by atoms with Crippen molar-refractivity contribution in [2.75, 3.05) is 0 Å². The number of para-hydroxylation sites is 1. The molecule has 138 valence electrons. The minimum atomic E-state index is -0.635. The lowest BCUT2D eigenvalue weighted by Crippen LogP contribution is -2.31. The molecule has 2 aromatic carbocycles. The Bertz CT molecular complexity index is 1150. The maximum atomic E-state index is 12.5. The lowest BCUT2D eigenvalue weighted by molar-refractivity contribution is 0.0947. The summed E-state index contributed by atoms with van der Waals surface area (Å²) >= 11 is 5.82. The molecule has 0 aliphatic rings. The first-order chi connectivity index (χ1) is 13.5. The number of nitriles is 1. The number of amides is 1. The quantitative estimate of drug-likeness (QED) is 0.545. The maximum absolute atomic E-state index is 12.5. The Morgan fingerprint density at radius 2 is 1.89 bits per heavy atom. The molecule has 28 heavy (non-hydrogen) atoms. The molecule has 0 spiro atoms. The van der Waals surface area contributed by atoms with Crippen LogP contribution in [0.3, 0.4) is 0 Å². The average Bonchev–Trinajstić information content (AvgIpc) is 2.70. The fraction of sp³-hybridized carbons (Fsp3) is 0.0500. The largest absolute Gasteiger partial charge is 0.292 e. The summed E-state index contributed by atoms with van der Waals surface area (Å²) in [6.45, 7) is 1.50. The molecule has 1 N–H and O–H groups in total. The Balaban J connectivity index is 1.94. The highest BCUT2D eigenvalue weighted by Crippen LogP contribution is 2.11. The minimum Gasteiger partial charge on any atom is -0.266 e. The summed E-state index contributed by atoms with van der Waals surface area (Å²) in [6.07, 6.45) is 1.45. The van der Waals surface area contributed by atoms with Crippen molar-refractivity contribution in [3.05, 3.63) is 92.4 Å². The number of aromatic nitrogens is 2. The summed E-state index contributed by atoms with van der Waals surface area (Å²) in [5.41, 5.74) is 2.94. The number of rotatable bonds is 4. The predicted octanol–water partition coefficient (Wildman–Crippen LogP) is 2.83. The monoisotopic (exact) mass is 391 g/mol. The van der Waals surface area contributed by atoms with E-state index in [1.807, 2.05) is 6.07 Å². The number of nitrogens with one attached hydrogen (secondary N) is 1. The molecule has 0 atom stereocenters. The van der Waals surface area contributed by atoms with Gasteiger partial charge in [-0.15, -0.1) is 0 Å². The van der Waals surface area contributed by atoms with Gasteiger partial charge in [0.25, 0.3) is 11.5 Å². The fourth-order valence-corrected chi connectivity index (χ4v) is 2.59. The van der Waals surface area contributed by atoms with Gasteiger partial charge in [-0.25, -0.2) is 5.43 Å². The summed E-state index contributed by atoms with van der Waals surface area (Å²) in [5.74, 6) is -0.635. The number of halogens is 1. The number of carbonyl (C=O) groups is 1. The second-order valence-corrected chi connectivity index (χ2v) is 6.20. The summed E-state index contributed by atoms with van der Waals surface area (Å²) in [4.78, 5) is 25.1. The molecule has 1 heterocycles. The third kappa shape index (κ3) is 3.98. The zero-order chi connectivity index (χ0) is 20.1. The van der Waals surface area contributed by atoms with Crippen molar-refractivity contribution >= 4 is 23.7 Å². The van der Waals surface area contributed by atoms with Crippen molar-refractivity contribution < 1.29 is 4.79 Å². The molecule has 0 aliphatic carbocycles. The van der Waals surface area contributed by atoms with Crippen LogP contribution in [0.15, 0.2) is 64.5 Å². The predicted molar refractivity (Wildman–Crippen MR) is 106 cm³/mol. The fourth-order valence-electron chi connectivity index (χ4n) is 2.46. The molecule has 0 radical (unpaired) electrons. The standard InChI is InChI=1S/C20H14ClN5O2/c1-13-17(11-22)20(28)26(16-5-3-2-4-6-16)25-18(13)19(27)24-23-12-14-7-9-15(21)10-8-14/h2-10,12H,1H3,(H,24,27)/b23-12+. The number of hydrogen-bond acceptors (Lipinski definition) is 5. The molecule has 7 nitrogen and oxygen atoms in total. The van der Waals surface area contributed by atoms with E-state index in [1.165, 1.54) is 13.1 Å². The van der Waals surface area contributed by atoms with E-state index in [2.05, 4.69) is 15.6 Å². The lowest BCUT2D eigenvalue weighted by Gasteiger charge is -2.10. The molecular weight excluding hydrogens is 378 g/mol. The lowest BCUT2D eigenvalue weighted by atomic mass is 10.1. The average molecular weight is 392 g/mol. The molecule has 0 fully saturated rings. The maximum Gasteiger partial charge on any atom is 0.292 e. The summed E-state index contributed by atoms with van der Waals surface area (Å²) < 4.78 is 1.03. The molecule has 3 rings (SSSR count). The first kappa shape index (κ1) is 19.0. The van der Waals surface area contributed by atoms with Gasteiger partial charge >= 0.3 is 0 Å². The highest BCUT2D eigenvalue weighted by atomic mass is 35.5. The van der Waals surface area contributed by atoms with Crippen LogP contribution in [0.1, 0.15) is 27.2 Å². The van der Waals surface area contributed by atoms with Crippen LogP contribution in [0.4, 0.5) is 0 Å². The van der Waals surface area contributed by atoms with Crippen molar-refractivity contribution in [2.45, 2.75) is 6.92 Å². The Labute approximate surface area is 165 Å². The molecule has 0 saturated carbocycles. The van der Waals surface area contributed by atoms with Crippen molar-refractivity contribution in [2.24, 2.45) is 5.10 Å². The van der Waals surface area contributed by atoms with Crippen LogP contribution in [-0.2, 0) is 0 Å². The highest BCUT2D eigenvalue weighted by Gasteiger charge is 2.19. The second-order valence-electron chi connectivity index (χ2n) is 5.76. The first-order valence-electron chi connectivity index (χ1n) is 8.19. The molecule has 0 aliphatic heterocycles. The van der Waals surface area contributed by atoms with Crippen LogP contribution in [0, 0.1) is 18.3 Å². The van der Waals surface area contributed by atoms with Gasteiger partial charge in [-0.1, -0.05) is 41.9 Å². The van der Waals surface area contributed by atoms with E-state index in [9.17, 15) is 14.9 Å². The Morgan fingerprint density at radius 3 is 2.54 bits per heavy atom. The first-order valence-corrected chi connectivity index (χ1v) is 8.57. The molecule has 0 unspecified atom stereocenters. The van der Waals surface area contributed by atoms with Crippen molar-refractivity contribution in [3.8, 4) is 11.8 Å². The third-order valence-corrected chi connectivity index (χ3v) is 4.17. The SMILES string of the molecule is Cc1c(C(=O)N/N=C/c2ccc(Cl)cc2)nn(-c2ccccc2)c(=O)c1C#N. The van der Waals surface area contributed by atoms with Gasteiger partial charge in [0, 0.05) is 10.6 Å². The van der Waals surface area contributed by atoms with Crippen LogP contribution in [0.25, 0.3) is 5.69 Å². The Hall–Kier alpha value is -3.76. The van der Waals surface area contributed by atoms with E-state index in [0.717, 1.165) is 10.2 Å². The summed E-state index contributed by atoms with van der Waals surface area (Å²) in [5, 5.41) is 18.0. The van der Waals surface area contributed by atoms with E-state index in [-0.39, 0.29) is 16.8 Å². The Morgan fingerprint density at radius 1 is 1.21 bits per heavy atom. The molecule has 1 aromatic heterocycles. The second kappa shape index (κ2) is 8.29. The van der Waals surface area contributed by atoms with Crippen molar-refractivity contribution in [3.63, 3.8) is 0 Å². The van der Waals surface area contributed by atoms with Crippen LogP contribution >= 0.6 is 11.6 Å². The molecular formula is C20H14ClN5O2. The molecule has 8 heteroatoms. The number of hydrogen-bond donors (Lipinski definition) is 1. The number of benzene rings is 2. The van der Waals surface area contributed by atoms with Crippen LogP contribution in [0.2, 0.25) is 5.02 Å². The molecule has 0 bridgehead atoms. The van der Waals surface area contributed by atoms with E-state index in [4.69, 9.17) is 11.6 Å².